The van der Waals surface area contributed by atoms with Gasteiger partial charge in [-0.15, -0.1) is 0 Å². The third-order valence-electron chi connectivity index (χ3n) is 2.93. The second kappa shape index (κ2) is 5.18. The minimum atomic E-state index is -4.37. The molecule has 1 aromatic rings. The van der Waals surface area contributed by atoms with Gasteiger partial charge in [-0.05, 0) is 24.3 Å². The Labute approximate surface area is 108 Å². The van der Waals surface area contributed by atoms with Crippen LogP contribution in [-0.4, -0.2) is 30.6 Å². The van der Waals surface area contributed by atoms with E-state index in [1.165, 1.54) is 17.1 Å². The molecule has 0 radical (unpaired) electrons. The van der Waals surface area contributed by atoms with Gasteiger partial charge in [-0.1, -0.05) is 0 Å². The van der Waals surface area contributed by atoms with Gasteiger partial charge >= 0.3 is 6.18 Å². The molecule has 0 spiro atoms. The van der Waals surface area contributed by atoms with Gasteiger partial charge < -0.3 is 5.73 Å². The van der Waals surface area contributed by atoms with E-state index in [0.717, 1.165) is 12.1 Å². The first-order valence-electron chi connectivity index (χ1n) is 5.88. The fourth-order valence-corrected chi connectivity index (χ4v) is 2.05. The van der Waals surface area contributed by atoms with Gasteiger partial charge in [0.1, 0.15) is 0 Å². The number of halogens is 3. The number of carbonyl (C=O) groups excluding carboxylic acids is 1. The normalized spacial score (nSPS) is 17.3. The lowest BCUT2D eigenvalue weighted by atomic mass is 10.2. The number of hydrogen-bond acceptors (Lipinski definition) is 3. The first kappa shape index (κ1) is 13.8. The Balaban J connectivity index is 2.23. The standard InChI is InChI=1S/C12H14F3N3O/c13-12(14,15)9-1-3-10(4-2-9)18-11(19)5-7-17(18)8-6-16/h1-4H,5-8,16H2. The molecule has 1 aromatic carbocycles. The number of hydrazine groups is 1. The van der Waals surface area contributed by atoms with E-state index in [4.69, 9.17) is 5.73 Å². The molecule has 1 aliphatic heterocycles. The number of benzene rings is 1. The zero-order valence-corrected chi connectivity index (χ0v) is 10.2. The Kier molecular flexibility index (Phi) is 3.77. The third kappa shape index (κ3) is 2.87. The van der Waals surface area contributed by atoms with Crippen molar-refractivity contribution in [2.45, 2.75) is 12.6 Å². The summed E-state index contributed by atoms with van der Waals surface area (Å²) in [6, 6.07) is 4.55. The van der Waals surface area contributed by atoms with Gasteiger partial charge in [0.15, 0.2) is 0 Å². The molecule has 0 saturated carbocycles. The summed E-state index contributed by atoms with van der Waals surface area (Å²) in [5.41, 5.74) is 5.15. The Morgan fingerprint density at radius 2 is 1.84 bits per heavy atom. The lowest BCUT2D eigenvalue weighted by molar-refractivity contribution is -0.137. The number of nitrogens with zero attached hydrogens (tertiary/aromatic N) is 2. The van der Waals surface area contributed by atoms with Gasteiger partial charge in [0.2, 0.25) is 5.91 Å². The molecule has 2 N–H and O–H groups in total. The van der Waals surface area contributed by atoms with Crippen molar-refractivity contribution in [2.75, 3.05) is 24.6 Å². The van der Waals surface area contributed by atoms with Crippen molar-refractivity contribution < 1.29 is 18.0 Å². The Bertz CT molecular complexity index is 458. The number of alkyl halides is 3. The van der Waals surface area contributed by atoms with Gasteiger partial charge in [-0.2, -0.15) is 13.2 Å². The first-order chi connectivity index (χ1) is 8.93. The molecule has 7 heteroatoms. The quantitative estimate of drug-likeness (QED) is 0.910. The average Bonchev–Trinajstić information content (AvgIpc) is 2.70. The smallest absolute Gasteiger partial charge is 0.329 e. The van der Waals surface area contributed by atoms with Crippen molar-refractivity contribution in [1.82, 2.24) is 5.01 Å². The van der Waals surface area contributed by atoms with Crippen LogP contribution >= 0.6 is 0 Å². The molecule has 19 heavy (non-hydrogen) atoms. The summed E-state index contributed by atoms with van der Waals surface area (Å²) in [5.74, 6) is -0.131. The highest BCUT2D eigenvalue weighted by atomic mass is 19.4. The van der Waals surface area contributed by atoms with Crippen LogP contribution in [0.4, 0.5) is 18.9 Å². The summed E-state index contributed by atoms with van der Waals surface area (Å²) < 4.78 is 37.4. The van der Waals surface area contributed by atoms with Crippen molar-refractivity contribution in [3.8, 4) is 0 Å². The second-order valence-electron chi connectivity index (χ2n) is 4.24. The third-order valence-corrected chi connectivity index (χ3v) is 2.93. The number of anilines is 1. The molecule has 4 nitrogen and oxygen atoms in total. The molecule has 1 saturated heterocycles. The number of carbonyl (C=O) groups is 1. The van der Waals surface area contributed by atoms with Crippen LogP contribution in [0.2, 0.25) is 0 Å². The highest BCUT2D eigenvalue weighted by Gasteiger charge is 2.32. The van der Waals surface area contributed by atoms with E-state index in [-0.39, 0.29) is 5.91 Å². The number of hydrogen-bond donors (Lipinski definition) is 1. The maximum absolute atomic E-state index is 12.5. The van der Waals surface area contributed by atoms with Crippen molar-refractivity contribution in [3.05, 3.63) is 29.8 Å². The van der Waals surface area contributed by atoms with E-state index in [0.29, 0.717) is 31.7 Å². The van der Waals surface area contributed by atoms with Crippen LogP contribution in [0.25, 0.3) is 0 Å². The van der Waals surface area contributed by atoms with Crippen molar-refractivity contribution >= 4 is 11.6 Å². The van der Waals surface area contributed by atoms with E-state index in [1.54, 1.807) is 5.01 Å². The molecule has 1 aliphatic rings. The van der Waals surface area contributed by atoms with Crippen molar-refractivity contribution in [2.24, 2.45) is 5.73 Å². The molecule has 0 unspecified atom stereocenters. The summed E-state index contributed by atoms with van der Waals surface area (Å²) in [5, 5.41) is 3.14. The maximum atomic E-state index is 12.5. The lowest BCUT2D eigenvalue weighted by Crippen LogP contribution is -2.41. The monoisotopic (exact) mass is 273 g/mol. The predicted octanol–water partition coefficient (Wildman–Crippen LogP) is 1.62. The zero-order valence-electron chi connectivity index (χ0n) is 10.2. The molecule has 0 atom stereocenters. The molecule has 1 heterocycles. The van der Waals surface area contributed by atoms with Crippen LogP contribution in [-0.2, 0) is 11.0 Å². The fraction of sp³-hybridized carbons (Fsp3) is 0.417. The zero-order chi connectivity index (χ0) is 14.0. The van der Waals surface area contributed by atoms with Crippen molar-refractivity contribution in [1.29, 1.82) is 0 Å². The molecule has 2 rings (SSSR count). The van der Waals surface area contributed by atoms with Gasteiger partial charge in [0.25, 0.3) is 0 Å². The topological polar surface area (TPSA) is 49.6 Å². The summed E-state index contributed by atoms with van der Waals surface area (Å²) >= 11 is 0. The van der Waals surface area contributed by atoms with E-state index >= 15 is 0 Å². The minimum Gasteiger partial charge on any atom is -0.329 e. The largest absolute Gasteiger partial charge is 0.416 e. The average molecular weight is 273 g/mol. The van der Waals surface area contributed by atoms with Crippen LogP contribution in [0.5, 0.6) is 0 Å². The predicted molar refractivity (Wildman–Crippen MR) is 64.2 cm³/mol. The van der Waals surface area contributed by atoms with Gasteiger partial charge in [-0.25, -0.2) is 10.0 Å². The maximum Gasteiger partial charge on any atom is 0.416 e. The second-order valence-corrected chi connectivity index (χ2v) is 4.24. The van der Waals surface area contributed by atoms with Crippen LogP contribution in [0.1, 0.15) is 12.0 Å². The van der Waals surface area contributed by atoms with Crippen molar-refractivity contribution in [3.63, 3.8) is 0 Å². The van der Waals surface area contributed by atoms with Gasteiger partial charge in [0, 0.05) is 26.1 Å². The first-order valence-corrected chi connectivity index (χ1v) is 5.88. The molecule has 104 valence electrons. The highest BCUT2D eigenvalue weighted by molar-refractivity contribution is 5.94. The minimum absolute atomic E-state index is 0.131. The van der Waals surface area contributed by atoms with Crippen LogP contribution < -0.4 is 10.7 Å². The molecule has 0 aliphatic carbocycles. The Morgan fingerprint density at radius 1 is 1.21 bits per heavy atom. The van der Waals surface area contributed by atoms with E-state index in [2.05, 4.69) is 0 Å². The fourth-order valence-electron chi connectivity index (χ4n) is 2.05. The summed E-state index contributed by atoms with van der Waals surface area (Å²) in [6.45, 7) is 1.41. The van der Waals surface area contributed by atoms with Crippen LogP contribution in [0, 0.1) is 0 Å². The number of amides is 1. The van der Waals surface area contributed by atoms with Crippen LogP contribution in [0.15, 0.2) is 24.3 Å². The Hall–Kier alpha value is -1.60. The summed E-state index contributed by atoms with van der Waals surface area (Å²) in [4.78, 5) is 11.8. The molecule has 0 aromatic heterocycles. The molecule has 1 amide bonds. The van der Waals surface area contributed by atoms with E-state index < -0.39 is 11.7 Å². The summed E-state index contributed by atoms with van der Waals surface area (Å²) in [6.07, 6.45) is -4.02. The van der Waals surface area contributed by atoms with Gasteiger partial charge in [-0.3, -0.25) is 4.79 Å². The van der Waals surface area contributed by atoms with Gasteiger partial charge in [0.05, 0.1) is 11.3 Å². The molecule has 0 bridgehead atoms. The number of nitrogens with two attached hydrogens (primary N) is 1. The van der Waals surface area contributed by atoms with E-state index in [1.807, 2.05) is 0 Å². The highest BCUT2D eigenvalue weighted by Crippen LogP contribution is 2.31. The molecule has 1 fully saturated rings. The number of rotatable bonds is 3. The molecular weight excluding hydrogens is 259 g/mol. The van der Waals surface area contributed by atoms with Crippen LogP contribution in [0.3, 0.4) is 0 Å². The lowest BCUT2D eigenvalue weighted by Gasteiger charge is -2.27. The summed E-state index contributed by atoms with van der Waals surface area (Å²) in [7, 11) is 0. The SMILES string of the molecule is NCCN1CCC(=O)N1c1ccc(C(F)(F)F)cc1. The molecular formula is C12H14F3N3O. The Morgan fingerprint density at radius 3 is 2.37 bits per heavy atom. The van der Waals surface area contributed by atoms with E-state index in [9.17, 15) is 18.0 Å².